The number of hydrogen-bond acceptors (Lipinski definition) is 5. The average molecular weight is 369 g/mol. The molecule has 0 unspecified atom stereocenters. The summed E-state index contributed by atoms with van der Waals surface area (Å²) in [5, 5.41) is 12.0. The van der Waals surface area contributed by atoms with E-state index in [1.54, 1.807) is 36.2 Å². The molecule has 1 fully saturated rings. The minimum absolute atomic E-state index is 0.110. The summed E-state index contributed by atoms with van der Waals surface area (Å²) in [6, 6.07) is 14.4. The fourth-order valence-corrected chi connectivity index (χ4v) is 2.96. The first kappa shape index (κ1) is 18.7. The van der Waals surface area contributed by atoms with Crippen LogP contribution in [0.3, 0.4) is 0 Å². The lowest BCUT2D eigenvalue weighted by atomic mass is 10.1. The van der Waals surface area contributed by atoms with Crippen molar-refractivity contribution in [2.45, 2.75) is 0 Å². The van der Waals surface area contributed by atoms with Crippen LogP contribution < -0.4 is 19.9 Å². The van der Waals surface area contributed by atoms with Crippen LogP contribution in [0.1, 0.15) is 10.4 Å². The van der Waals surface area contributed by atoms with Crippen molar-refractivity contribution in [2.24, 2.45) is 0 Å². The van der Waals surface area contributed by atoms with Crippen LogP contribution >= 0.6 is 0 Å². The van der Waals surface area contributed by atoms with Crippen LogP contribution in [-0.2, 0) is 4.79 Å². The molecule has 0 radical (unpaired) electrons. The lowest BCUT2D eigenvalue weighted by molar-refractivity contribution is -0.139. The van der Waals surface area contributed by atoms with Gasteiger partial charge in [-0.3, -0.25) is 4.79 Å². The molecule has 0 bridgehead atoms. The lowest BCUT2D eigenvalue weighted by Crippen LogP contribution is -2.43. The largest absolute Gasteiger partial charge is 0.482 e. The Morgan fingerprint density at radius 1 is 1.07 bits per heavy atom. The van der Waals surface area contributed by atoms with Gasteiger partial charge in [0, 0.05) is 50.2 Å². The summed E-state index contributed by atoms with van der Waals surface area (Å²) in [5.41, 5.74) is 2.44. The summed E-state index contributed by atoms with van der Waals surface area (Å²) in [7, 11) is 1.71. The average Bonchev–Trinajstić information content (AvgIpc) is 2.72. The van der Waals surface area contributed by atoms with E-state index < -0.39 is 12.6 Å². The molecule has 1 saturated heterocycles. The van der Waals surface area contributed by atoms with Crippen molar-refractivity contribution in [1.82, 2.24) is 5.32 Å². The van der Waals surface area contributed by atoms with Gasteiger partial charge in [0.1, 0.15) is 5.75 Å². The van der Waals surface area contributed by atoms with E-state index in [0.717, 1.165) is 31.9 Å². The highest BCUT2D eigenvalue weighted by atomic mass is 16.5. The van der Waals surface area contributed by atoms with Crippen molar-refractivity contribution in [3.63, 3.8) is 0 Å². The maximum atomic E-state index is 12.7. The summed E-state index contributed by atoms with van der Waals surface area (Å²) in [4.78, 5) is 27.1. The van der Waals surface area contributed by atoms with Crippen molar-refractivity contribution in [1.29, 1.82) is 0 Å². The van der Waals surface area contributed by atoms with Crippen molar-refractivity contribution in [3.05, 3.63) is 54.1 Å². The Morgan fingerprint density at radius 2 is 1.70 bits per heavy atom. The third-order valence-electron chi connectivity index (χ3n) is 4.49. The molecule has 0 saturated carbocycles. The predicted molar refractivity (Wildman–Crippen MR) is 104 cm³/mol. The molecular weight excluding hydrogens is 346 g/mol. The highest BCUT2D eigenvalue weighted by molar-refractivity contribution is 6.05. The van der Waals surface area contributed by atoms with Crippen LogP contribution in [0.25, 0.3) is 0 Å². The van der Waals surface area contributed by atoms with Gasteiger partial charge in [0.2, 0.25) is 0 Å². The van der Waals surface area contributed by atoms with Crippen LogP contribution in [0, 0.1) is 0 Å². The zero-order valence-electron chi connectivity index (χ0n) is 15.2. The number of carbonyl (C=O) groups is 2. The van der Waals surface area contributed by atoms with Crippen molar-refractivity contribution in [2.75, 3.05) is 49.6 Å². The number of benzene rings is 2. The van der Waals surface area contributed by atoms with E-state index in [0.29, 0.717) is 17.0 Å². The second-order valence-electron chi connectivity index (χ2n) is 6.32. The third-order valence-corrected chi connectivity index (χ3v) is 4.49. The maximum Gasteiger partial charge on any atom is 0.341 e. The molecule has 27 heavy (non-hydrogen) atoms. The van der Waals surface area contributed by atoms with E-state index in [1.165, 1.54) is 0 Å². The third kappa shape index (κ3) is 4.77. The normalized spacial score (nSPS) is 13.9. The summed E-state index contributed by atoms with van der Waals surface area (Å²) >= 11 is 0. The van der Waals surface area contributed by atoms with Gasteiger partial charge in [0.15, 0.2) is 6.61 Å². The summed E-state index contributed by atoms with van der Waals surface area (Å²) in [6.07, 6.45) is 0. The van der Waals surface area contributed by atoms with Gasteiger partial charge >= 0.3 is 5.97 Å². The molecule has 2 aromatic carbocycles. The standard InChI is InChI=1S/C20H23N3O4/c1-22(16-6-8-18(9-7-16)27-14-19(24)25)20(26)15-2-4-17(5-3-15)23-12-10-21-11-13-23/h2-9,21H,10-14H2,1H3,(H,24,25). The number of nitrogens with one attached hydrogen (secondary N) is 1. The number of carboxylic acid groups (broad SMARTS) is 1. The molecule has 3 rings (SSSR count). The molecule has 7 heteroatoms. The first-order chi connectivity index (χ1) is 13.0. The highest BCUT2D eigenvalue weighted by Gasteiger charge is 2.15. The van der Waals surface area contributed by atoms with E-state index in [2.05, 4.69) is 10.2 Å². The first-order valence-electron chi connectivity index (χ1n) is 8.83. The number of anilines is 2. The number of aliphatic carboxylic acids is 1. The molecule has 2 N–H and O–H groups in total. The molecule has 1 heterocycles. The number of carbonyl (C=O) groups excluding carboxylic acids is 1. The summed E-state index contributed by atoms with van der Waals surface area (Å²) in [6.45, 7) is 3.46. The highest BCUT2D eigenvalue weighted by Crippen LogP contribution is 2.22. The molecule has 2 aromatic rings. The fourth-order valence-electron chi connectivity index (χ4n) is 2.96. The van der Waals surface area contributed by atoms with E-state index in [1.807, 2.05) is 24.3 Å². The van der Waals surface area contributed by atoms with Gasteiger partial charge in [-0.2, -0.15) is 0 Å². The Bertz CT molecular complexity index is 784. The zero-order valence-corrected chi connectivity index (χ0v) is 15.2. The predicted octanol–water partition coefficient (Wildman–Crippen LogP) is 1.84. The molecule has 1 aliphatic rings. The van der Waals surface area contributed by atoms with Crippen LogP contribution in [-0.4, -0.2) is 56.8 Å². The number of nitrogens with zero attached hydrogens (tertiary/aromatic N) is 2. The summed E-state index contributed by atoms with van der Waals surface area (Å²) < 4.78 is 5.11. The second kappa shape index (κ2) is 8.55. The molecule has 7 nitrogen and oxygen atoms in total. The number of rotatable bonds is 6. The number of piperazine rings is 1. The number of carboxylic acids is 1. The van der Waals surface area contributed by atoms with Crippen LogP contribution in [0.4, 0.5) is 11.4 Å². The Labute approximate surface area is 158 Å². The van der Waals surface area contributed by atoms with Gasteiger partial charge in [0.25, 0.3) is 5.91 Å². The molecule has 1 aliphatic heterocycles. The topological polar surface area (TPSA) is 82.1 Å². The molecule has 0 aliphatic carbocycles. The lowest BCUT2D eigenvalue weighted by Gasteiger charge is -2.29. The molecule has 142 valence electrons. The smallest absolute Gasteiger partial charge is 0.341 e. The van der Waals surface area contributed by atoms with Gasteiger partial charge in [-0.05, 0) is 48.5 Å². The fraction of sp³-hybridized carbons (Fsp3) is 0.300. The Balaban J connectivity index is 1.64. The number of hydrogen-bond donors (Lipinski definition) is 2. The number of amides is 1. The Hall–Kier alpha value is -3.06. The molecule has 0 aromatic heterocycles. The second-order valence-corrected chi connectivity index (χ2v) is 6.32. The van der Waals surface area contributed by atoms with E-state index >= 15 is 0 Å². The van der Waals surface area contributed by atoms with Crippen molar-refractivity contribution in [3.8, 4) is 5.75 Å². The Kier molecular flexibility index (Phi) is 5.93. The molecular formula is C20H23N3O4. The van der Waals surface area contributed by atoms with Crippen molar-refractivity contribution >= 4 is 23.3 Å². The van der Waals surface area contributed by atoms with Gasteiger partial charge < -0.3 is 25.0 Å². The molecule has 1 amide bonds. The van der Waals surface area contributed by atoms with Gasteiger partial charge in [0.05, 0.1) is 0 Å². The minimum atomic E-state index is -1.03. The van der Waals surface area contributed by atoms with Crippen LogP contribution in [0.2, 0.25) is 0 Å². The number of ether oxygens (including phenoxy) is 1. The molecule has 0 spiro atoms. The quantitative estimate of drug-likeness (QED) is 0.809. The maximum absolute atomic E-state index is 12.7. The Morgan fingerprint density at radius 3 is 2.30 bits per heavy atom. The first-order valence-corrected chi connectivity index (χ1v) is 8.83. The van der Waals surface area contributed by atoms with E-state index in [9.17, 15) is 9.59 Å². The van der Waals surface area contributed by atoms with E-state index in [4.69, 9.17) is 9.84 Å². The van der Waals surface area contributed by atoms with Crippen LogP contribution in [0.5, 0.6) is 5.75 Å². The summed E-state index contributed by atoms with van der Waals surface area (Å²) in [5.74, 6) is -0.695. The van der Waals surface area contributed by atoms with Gasteiger partial charge in [-0.1, -0.05) is 0 Å². The monoisotopic (exact) mass is 369 g/mol. The SMILES string of the molecule is CN(C(=O)c1ccc(N2CCNCC2)cc1)c1ccc(OCC(=O)O)cc1. The van der Waals surface area contributed by atoms with Crippen molar-refractivity contribution < 1.29 is 19.4 Å². The van der Waals surface area contributed by atoms with Gasteiger partial charge in [-0.25, -0.2) is 4.79 Å². The van der Waals surface area contributed by atoms with E-state index in [-0.39, 0.29) is 5.91 Å². The van der Waals surface area contributed by atoms with Crippen LogP contribution in [0.15, 0.2) is 48.5 Å². The minimum Gasteiger partial charge on any atom is -0.482 e. The zero-order chi connectivity index (χ0) is 19.2. The van der Waals surface area contributed by atoms with Gasteiger partial charge in [-0.15, -0.1) is 0 Å². The molecule has 0 atom stereocenters.